The third kappa shape index (κ3) is 2.43. The number of aliphatic carboxylic acids is 1. The van der Waals surface area contributed by atoms with E-state index < -0.39 is 23.1 Å². The van der Waals surface area contributed by atoms with Crippen LogP contribution in [-0.2, 0) is 16.4 Å². The molecular weight excluding hydrogens is 271 g/mol. The average molecular weight is 280 g/mol. The van der Waals surface area contributed by atoms with Crippen molar-refractivity contribution in [3.05, 3.63) is 28.5 Å². The van der Waals surface area contributed by atoms with E-state index in [9.17, 15) is 18.0 Å². The number of alkyl halides is 3. The molecular formula is C11H9ClF3NO2. The van der Waals surface area contributed by atoms with Crippen molar-refractivity contribution in [1.29, 1.82) is 0 Å². The van der Waals surface area contributed by atoms with E-state index in [1.54, 1.807) is 0 Å². The zero-order chi connectivity index (χ0) is 13.6. The minimum absolute atomic E-state index is 0.0539. The van der Waals surface area contributed by atoms with Crippen molar-refractivity contribution in [3.8, 4) is 0 Å². The molecule has 2 rings (SSSR count). The van der Waals surface area contributed by atoms with Crippen molar-refractivity contribution >= 4 is 17.6 Å². The molecule has 1 aliphatic rings. The van der Waals surface area contributed by atoms with Crippen LogP contribution in [0.4, 0.5) is 13.2 Å². The maximum Gasteiger partial charge on any atom is 0.417 e. The highest BCUT2D eigenvalue weighted by Crippen LogP contribution is 2.53. The Labute approximate surface area is 106 Å². The molecule has 1 N–H and O–H groups in total. The van der Waals surface area contributed by atoms with Crippen LogP contribution in [0.5, 0.6) is 0 Å². The zero-order valence-corrected chi connectivity index (χ0v) is 9.85. The molecule has 1 heterocycles. The van der Waals surface area contributed by atoms with E-state index in [2.05, 4.69) is 4.98 Å². The van der Waals surface area contributed by atoms with Crippen LogP contribution in [0.3, 0.4) is 0 Å². The average Bonchev–Trinajstić information content (AvgIpc) is 2.96. The largest absolute Gasteiger partial charge is 0.481 e. The first kappa shape index (κ1) is 13.1. The molecule has 18 heavy (non-hydrogen) atoms. The molecule has 98 valence electrons. The smallest absolute Gasteiger partial charge is 0.417 e. The lowest BCUT2D eigenvalue weighted by molar-refractivity contribution is -0.138. The Morgan fingerprint density at radius 3 is 2.56 bits per heavy atom. The van der Waals surface area contributed by atoms with Gasteiger partial charge in [0, 0.05) is 11.6 Å². The van der Waals surface area contributed by atoms with Gasteiger partial charge in [0.1, 0.15) is 5.15 Å². The summed E-state index contributed by atoms with van der Waals surface area (Å²) in [6.45, 7) is 0. The van der Waals surface area contributed by atoms with Gasteiger partial charge in [0.15, 0.2) is 0 Å². The number of hydrogen-bond donors (Lipinski definition) is 1. The minimum atomic E-state index is -4.51. The first-order chi connectivity index (χ1) is 8.24. The molecule has 0 atom stereocenters. The summed E-state index contributed by atoms with van der Waals surface area (Å²) in [5, 5.41) is 8.73. The Kier molecular flexibility index (Phi) is 3.01. The van der Waals surface area contributed by atoms with E-state index in [1.807, 2.05) is 0 Å². The molecule has 0 spiro atoms. The van der Waals surface area contributed by atoms with Crippen molar-refractivity contribution in [2.75, 3.05) is 0 Å². The van der Waals surface area contributed by atoms with E-state index in [0.29, 0.717) is 19.0 Å². The van der Waals surface area contributed by atoms with Crippen molar-refractivity contribution in [3.63, 3.8) is 0 Å². The van der Waals surface area contributed by atoms with Gasteiger partial charge in [-0.15, -0.1) is 0 Å². The number of carbonyl (C=O) groups is 1. The van der Waals surface area contributed by atoms with Crippen molar-refractivity contribution in [1.82, 2.24) is 4.98 Å². The summed E-state index contributed by atoms with van der Waals surface area (Å²) < 4.78 is 37.7. The van der Waals surface area contributed by atoms with Crippen LogP contribution in [-0.4, -0.2) is 16.1 Å². The van der Waals surface area contributed by atoms with E-state index >= 15 is 0 Å². The lowest BCUT2D eigenvalue weighted by Gasteiger charge is -2.16. The molecule has 3 nitrogen and oxygen atoms in total. The number of aromatic nitrogens is 1. The van der Waals surface area contributed by atoms with Crippen molar-refractivity contribution in [2.24, 2.45) is 0 Å². The van der Waals surface area contributed by atoms with Crippen LogP contribution in [0.1, 0.15) is 30.4 Å². The van der Waals surface area contributed by atoms with Gasteiger partial charge in [-0.3, -0.25) is 4.79 Å². The van der Waals surface area contributed by atoms with Gasteiger partial charge in [-0.05, 0) is 24.5 Å². The summed E-state index contributed by atoms with van der Waals surface area (Å²) in [7, 11) is 0. The molecule has 0 saturated heterocycles. The molecule has 0 unspecified atom stereocenters. The second-order valence-corrected chi connectivity index (χ2v) is 4.77. The SMILES string of the molecule is O=C(O)CC1(c2cc(C(F)(F)F)cnc2Cl)CC1. The predicted octanol–water partition coefficient (Wildman–Crippen LogP) is 3.26. The van der Waals surface area contributed by atoms with Gasteiger partial charge in [0.05, 0.1) is 12.0 Å². The van der Waals surface area contributed by atoms with Gasteiger partial charge in [-0.1, -0.05) is 11.6 Å². The van der Waals surface area contributed by atoms with Crippen LogP contribution >= 0.6 is 11.6 Å². The highest BCUT2D eigenvalue weighted by Gasteiger charge is 2.48. The number of hydrogen-bond acceptors (Lipinski definition) is 2. The van der Waals surface area contributed by atoms with Crippen LogP contribution in [0.2, 0.25) is 5.15 Å². The van der Waals surface area contributed by atoms with E-state index in [0.717, 1.165) is 6.07 Å². The molecule has 0 aliphatic heterocycles. The first-order valence-electron chi connectivity index (χ1n) is 5.20. The van der Waals surface area contributed by atoms with Crippen LogP contribution < -0.4 is 0 Å². The third-order valence-electron chi connectivity index (χ3n) is 3.08. The fraction of sp³-hybridized carbons (Fsp3) is 0.455. The Morgan fingerprint density at radius 2 is 2.11 bits per heavy atom. The molecule has 7 heteroatoms. The molecule has 1 saturated carbocycles. The lowest BCUT2D eigenvalue weighted by atomic mass is 9.93. The van der Waals surface area contributed by atoms with Crippen molar-refractivity contribution < 1.29 is 23.1 Å². The van der Waals surface area contributed by atoms with E-state index in [4.69, 9.17) is 16.7 Å². The molecule has 0 aromatic carbocycles. The first-order valence-corrected chi connectivity index (χ1v) is 5.57. The fourth-order valence-electron chi connectivity index (χ4n) is 1.96. The molecule has 1 fully saturated rings. The summed E-state index contributed by atoms with van der Waals surface area (Å²) in [4.78, 5) is 14.2. The number of carboxylic acid groups (broad SMARTS) is 1. The second-order valence-electron chi connectivity index (χ2n) is 4.41. The normalized spacial score (nSPS) is 17.6. The Hall–Kier alpha value is -1.30. The van der Waals surface area contributed by atoms with Gasteiger partial charge in [0.25, 0.3) is 0 Å². The molecule has 1 aromatic heterocycles. The summed E-state index contributed by atoms with van der Waals surface area (Å²) >= 11 is 5.78. The third-order valence-corrected chi connectivity index (χ3v) is 3.38. The highest BCUT2D eigenvalue weighted by atomic mass is 35.5. The molecule has 1 aliphatic carbocycles. The number of pyridine rings is 1. The maximum absolute atomic E-state index is 12.6. The lowest BCUT2D eigenvalue weighted by Crippen LogP contribution is -2.16. The quantitative estimate of drug-likeness (QED) is 0.864. The van der Waals surface area contributed by atoms with Gasteiger partial charge in [-0.2, -0.15) is 13.2 Å². The van der Waals surface area contributed by atoms with Crippen molar-refractivity contribution in [2.45, 2.75) is 30.9 Å². The van der Waals surface area contributed by atoms with E-state index in [-0.39, 0.29) is 17.1 Å². The number of halogens is 4. The topological polar surface area (TPSA) is 50.2 Å². The summed E-state index contributed by atoms with van der Waals surface area (Å²) in [6.07, 6.45) is -3.05. The Bertz CT molecular complexity index is 498. The minimum Gasteiger partial charge on any atom is -0.481 e. The molecule has 1 aromatic rings. The van der Waals surface area contributed by atoms with E-state index in [1.165, 1.54) is 0 Å². The summed E-state index contributed by atoms with van der Waals surface area (Å²) in [5.41, 5.74) is -1.50. The number of nitrogens with zero attached hydrogens (tertiary/aromatic N) is 1. The number of carboxylic acids is 1. The monoisotopic (exact) mass is 279 g/mol. The van der Waals surface area contributed by atoms with Crippen LogP contribution in [0.15, 0.2) is 12.3 Å². The summed E-state index contributed by atoms with van der Waals surface area (Å²) in [6, 6.07) is 0.908. The second kappa shape index (κ2) is 4.12. The van der Waals surface area contributed by atoms with Gasteiger partial charge < -0.3 is 5.11 Å². The Balaban J connectivity index is 2.42. The van der Waals surface area contributed by atoms with Gasteiger partial charge in [-0.25, -0.2) is 4.98 Å². The van der Waals surface area contributed by atoms with Gasteiger partial charge >= 0.3 is 12.1 Å². The highest BCUT2D eigenvalue weighted by molar-refractivity contribution is 6.30. The van der Waals surface area contributed by atoms with Gasteiger partial charge in [0.2, 0.25) is 0 Å². The molecule has 0 amide bonds. The maximum atomic E-state index is 12.6. The predicted molar refractivity (Wildman–Crippen MR) is 57.4 cm³/mol. The summed E-state index contributed by atoms with van der Waals surface area (Å²) in [5.74, 6) is -1.05. The zero-order valence-electron chi connectivity index (χ0n) is 9.09. The molecule has 0 radical (unpaired) electrons. The number of rotatable bonds is 3. The standard InChI is InChI=1S/C11H9ClF3NO2/c12-9-7(10(1-2-10)4-8(17)18)3-6(5-16-9)11(13,14)15/h3,5H,1-2,4H2,(H,17,18). The van der Waals surface area contributed by atoms with Crippen LogP contribution in [0.25, 0.3) is 0 Å². The molecule has 0 bridgehead atoms. The fourth-order valence-corrected chi connectivity index (χ4v) is 2.26. The Morgan fingerprint density at radius 1 is 1.50 bits per heavy atom. The van der Waals surface area contributed by atoms with Crippen LogP contribution in [0, 0.1) is 0 Å².